The number of benzene rings is 3. The third-order valence-electron chi connectivity index (χ3n) is 5.51. The van der Waals surface area contributed by atoms with Gasteiger partial charge in [-0.1, -0.05) is 35.3 Å². The van der Waals surface area contributed by atoms with Crippen molar-refractivity contribution in [3.63, 3.8) is 0 Å². The number of pyridine rings is 1. The van der Waals surface area contributed by atoms with Crippen LogP contribution in [0.2, 0.25) is 10.0 Å². The number of halogens is 3. The molecule has 1 heterocycles. The summed E-state index contributed by atoms with van der Waals surface area (Å²) in [6.07, 6.45) is 3.27. The largest absolute Gasteiger partial charge is 0.334 e. The summed E-state index contributed by atoms with van der Waals surface area (Å²) in [7, 11) is -4.01. The summed E-state index contributed by atoms with van der Waals surface area (Å²) in [5.41, 5.74) is 2.51. The fraction of sp³-hybridized carbons (Fsp3) is 0.111. The fourth-order valence-electron chi connectivity index (χ4n) is 3.64. The first-order chi connectivity index (χ1) is 18.2. The minimum Gasteiger partial charge on any atom is -0.334 e. The maximum Gasteiger partial charge on any atom is 0.319 e. The molecule has 0 atom stereocenters. The highest BCUT2D eigenvalue weighted by atomic mass is 35.5. The van der Waals surface area contributed by atoms with Crippen molar-refractivity contribution in [2.24, 2.45) is 0 Å². The molecule has 0 saturated heterocycles. The molecule has 0 aliphatic heterocycles. The normalized spacial score (nSPS) is 11.4. The van der Waals surface area contributed by atoms with Gasteiger partial charge in [0.15, 0.2) is 0 Å². The highest BCUT2D eigenvalue weighted by Gasteiger charge is 2.25. The Morgan fingerprint density at radius 1 is 0.816 bits per heavy atom. The Morgan fingerprint density at radius 2 is 1.42 bits per heavy atom. The third-order valence-corrected chi connectivity index (χ3v) is 7.75. The number of nitrogens with zero attached hydrogens (tertiary/aromatic N) is 2. The van der Waals surface area contributed by atoms with Crippen LogP contribution in [0, 0.1) is 5.82 Å². The average Bonchev–Trinajstić information content (AvgIpc) is 2.89. The van der Waals surface area contributed by atoms with Gasteiger partial charge in [-0.15, -0.1) is 0 Å². The highest BCUT2D eigenvalue weighted by molar-refractivity contribution is 7.89. The summed E-state index contributed by atoms with van der Waals surface area (Å²) >= 11 is 12.2. The number of urea groups is 1. The molecule has 4 rings (SSSR count). The molecule has 0 aliphatic rings. The van der Waals surface area contributed by atoms with Gasteiger partial charge in [0.05, 0.1) is 4.90 Å². The van der Waals surface area contributed by atoms with Crippen LogP contribution in [0.25, 0.3) is 0 Å². The van der Waals surface area contributed by atoms with E-state index in [-0.39, 0.29) is 18.0 Å². The zero-order valence-electron chi connectivity index (χ0n) is 19.9. The predicted molar refractivity (Wildman–Crippen MR) is 146 cm³/mol. The van der Waals surface area contributed by atoms with Gasteiger partial charge in [0.25, 0.3) is 0 Å². The van der Waals surface area contributed by atoms with Gasteiger partial charge in [-0.05, 0) is 83.4 Å². The van der Waals surface area contributed by atoms with Gasteiger partial charge in [0, 0.05) is 47.8 Å². The minimum atomic E-state index is -4.01. The van der Waals surface area contributed by atoms with Crippen molar-refractivity contribution in [2.75, 3.05) is 5.32 Å². The average molecular weight is 573 g/mol. The molecule has 1 aromatic heterocycles. The standard InChI is InChI=1S/C27H23Cl2FN4O3S/c28-22-13-21(14-23(29)15-22)18-34(17-20-1-3-24(30)4-2-20)38(36,37)26-7-5-25(6-8-26)33-27(35)32-16-19-9-11-31-12-10-19/h1-15H,16-18H2,(H2,32,33,35). The maximum absolute atomic E-state index is 13.7. The lowest BCUT2D eigenvalue weighted by Crippen LogP contribution is -2.30. The van der Waals surface area contributed by atoms with E-state index in [9.17, 15) is 17.6 Å². The summed E-state index contributed by atoms with van der Waals surface area (Å²) in [6, 6.07) is 19.4. The van der Waals surface area contributed by atoms with Crippen LogP contribution in [0.5, 0.6) is 0 Å². The molecule has 7 nitrogen and oxygen atoms in total. The molecule has 0 bridgehead atoms. The molecule has 2 N–H and O–H groups in total. The molecule has 196 valence electrons. The first-order valence-electron chi connectivity index (χ1n) is 11.4. The van der Waals surface area contributed by atoms with Crippen molar-refractivity contribution in [1.29, 1.82) is 0 Å². The molecule has 4 aromatic rings. The summed E-state index contributed by atoms with van der Waals surface area (Å²) in [6.45, 7) is 0.286. The van der Waals surface area contributed by atoms with E-state index in [2.05, 4.69) is 15.6 Å². The number of sulfonamides is 1. The Hall–Kier alpha value is -3.50. The Bertz CT molecular complexity index is 1480. The van der Waals surface area contributed by atoms with Crippen LogP contribution in [-0.2, 0) is 29.7 Å². The molecular weight excluding hydrogens is 550 g/mol. The predicted octanol–water partition coefficient (Wildman–Crippen LogP) is 6.24. The highest BCUT2D eigenvalue weighted by Crippen LogP contribution is 2.26. The fourth-order valence-corrected chi connectivity index (χ4v) is 5.63. The van der Waals surface area contributed by atoms with Gasteiger partial charge in [-0.3, -0.25) is 4.98 Å². The van der Waals surface area contributed by atoms with Crippen LogP contribution in [0.15, 0.2) is 96.2 Å². The van der Waals surface area contributed by atoms with Crippen molar-refractivity contribution < 1.29 is 17.6 Å². The van der Waals surface area contributed by atoms with Crippen LogP contribution >= 0.6 is 23.2 Å². The van der Waals surface area contributed by atoms with E-state index < -0.39 is 21.9 Å². The van der Waals surface area contributed by atoms with Crippen LogP contribution in [0.1, 0.15) is 16.7 Å². The van der Waals surface area contributed by atoms with Crippen molar-refractivity contribution in [3.8, 4) is 0 Å². The second kappa shape index (κ2) is 12.4. The number of carbonyl (C=O) groups excluding carboxylic acids is 1. The smallest absolute Gasteiger partial charge is 0.319 e. The van der Waals surface area contributed by atoms with E-state index >= 15 is 0 Å². The number of aromatic nitrogens is 1. The lowest BCUT2D eigenvalue weighted by Gasteiger charge is -2.23. The van der Waals surface area contributed by atoms with Crippen LogP contribution < -0.4 is 10.6 Å². The molecule has 0 spiro atoms. The Morgan fingerprint density at radius 3 is 2.05 bits per heavy atom. The molecule has 38 heavy (non-hydrogen) atoms. The summed E-state index contributed by atoms with van der Waals surface area (Å²) in [5, 5.41) is 6.16. The quantitative estimate of drug-likeness (QED) is 0.248. The molecule has 0 aliphatic carbocycles. The van der Waals surface area contributed by atoms with Crippen molar-refractivity contribution in [3.05, 3.63) is 124 Å². The molecule has 11 heteroatoms. The Kier molecular flexibility index (Phi) is 8.96. The van der Waals surface area contributed by atoms with E-state index in [0.717, 1.165) is 5.56 Å². The summed E-state index contributed by atoms with van der Waals surface area (Å²) in [5.74, 6) is -0.419. The van der Waals surface area contributed by atoms with Crippen LogP contribution in [0.4, 0.5) is 14.9 Å². The number of anilines is 1. The lowest BCUT2D eigenvalue weighted by atomic mass is 10.2. The van der Waals surface area contributed by atoms with Gasteiger partial charge in [0.1, 0.15) is 5.82 Å². The second-order valence-electron chi connectivity index (χ2n) is 8.36. The summed E-state index contributed by atoms with van der Waals surface area (Å²) in [4.78, 5) is 16.2. The molecular formula is C27H23Cl2FN4O3S. The number of hydrogen-bond acceptors (Lipinski definition) is 4. The second-order valence-corrected chi connectivity index (χ2v) is 11.2. The number of carbonyl (C=O) groups is 1. The topological polar surface area (TPSA) is 91.4 Å². The molecule has 2 amide bonds. The van der Waals surface area contributed by atoms with Gasteiger partial charge < -0.3 is 10.6 Å². The zero-order valence-corrected chi connectivity index (χ0v) is 22.3. The number of amides is 2. The zero-order chi connectivity index (χ0) is 27.1. The van der Waals surface area contributed by atoms with E-state index in [1.54, 1.807) is 42.7 Å². The first kappa shape index (κ1) is 27.5. The first-order valence-corrected chi connectivity index (χ1v) is 13.6. The number of hydrogen-bond donors (Lipinski definition) is 2. The number of rotatable bonds is 9. The molecule has 0 saturated carbocycles. The molecule has 0 radical (unpaired) electrons. The van der Waals surface area contributed by atoms with E-state index in [0.29, 0.717) is 33.4 Å². The minimum absolute atomic E-state index is 0.00976. The molecule has 0 fully saturated rings. The lowest BCUT2D eigenvalue weighted by molar-refractivity contribution is 0.251. The van der Waals surface area contributed by atoms with E-state index in [4.69, 9.17) is 23.2 Å². The maximum atomic E-state index is 13.7. The van der Waals surface area contributed by atoms with E-state index in [1.807, 2.05) is 0 Å². The van der Waals surface area contributed by atoms with Crippen molar-refractivity contribution in [1.82, 2.24) is 14.6 Å². The van der Waals surface area contributed by atoms with Gasteiger partial charge in [-0.25, -0.2) is 17.6 Å². The summed E-state index contributed by atoms with van der Waals surface area (Å²) < 4.78 is 42.0. The third kappa shape index (κ3) is 7.52. The number of nitrogens with one attached hydrogen (secondary N) is 2. The van der Waals surface area contributed by atoms with Gasteiger partial charge in [0.2, 0.25) is 10.0 Å². The van der Waals surface area contributed by atoms with Crippen LogP contribution in [-0.4, -0.2) is 23.7 Å². The van der Waals surface area contributed by atoms with Crippen molar-refractivity contribution in [2.45, 2.75) is 24.5 Å². The Balaban J connectivity index is 1.51. The van der Waals surface area contributed by atoms with E-state index in [1.165, 1.54) is 52.8 Å². The van der Waals surface area contributed by atoms with Gasteiger partial charge >= 0.3 is 6.03 Å². The van der Waals surface area contributed by atoms with Crippen molar-refractivity contribution >= 4 is 44.9 Å². The SMILES string of the molecule is O=C(NCc1ccncc1)Nc1ccc(S(=O)(=O)N(Cc2ccc(F)cc2)Cc2cc(Cl)cc(Cl)c2)cc1. The molecule has 0 unspecified atom stereocenters. The van der Waals surface area contributed by atoms with Crippen LogP contribution in [0.3, 0.4) is 0 Å². The molecule has 3 aromatic carbocycles. The Labute approximate surface area is 230 Å². The van der Waals surface area contributed by atoms with Gasteiger partial charge in [-0.2, -0.15) is 4.31 Å². The monoisotopic (exact) mass is 572 g/mol.